The average Bonchev–Trinajstić information content (AvgIpc) is 3.03. The lowest BCUT2D eigenvalue weighted by atomic mass is 9.75. The highest BCUT2D eigenvalue weighted by atomic mass is 32.1. The van der Waals surface area contributed by atoms with E-state index in [-0.39, 0.29) is 0 Å². The Hall–Kier alpha value is -3.26. The molecule has 0 aliphatic carbocycles. The number of rotatable bonds is 2. The quantitative estimate of drug-likeness (QED) is 0.404. The van der Waals surface area contributed by atoms with Crippen molar-refractivity contribution in [1.29, 1.82) is 0 Å². The van der Waals surface area contributed by atoms with Gasteiger partial charge in [-0.15, -0.1) is 0 Å². The number of hydrogen-bond acceptors (Lipinski definition) is 4. The Morgan fingerprint density at radius 3 is 1.78 bits per heavy atom. The molecular weight excluding hydrogens is 364 g/mol. The molecule has 0 saturated carbocycles. The highest BCUT2D eigenvalue weighted by molar-refractivity contribution is 7.71. The minimum Gasteiger partial charge on any atom is -0.331 e. The summed E-state index contributed by atoms with van der Waals surface area (Å²) in [6.45, 7) is 1.74. The Bertz CT molecular complexity index is 999. The molecule has 4 amide bonds. The van der Waals surface area contributed by atoms with E-state index < -0.39 is 23.3 Å². The van der Waals surface area contributed by atoms with Crippen LogP contribution in [0.15, 0.2) is 54.6 Å². The normalized spacial score (nSPS) is 15.5. The predicted octanol–water partition coefficient (Wildman–Crippen LogP) is 2.93. The van der Waals surface area contributed by atoms with Gasteiger partial charge in [0.05, 0.1) is 11.0 Å². The highest BCUT2D eigenvalue weighted by Crippen LogP contribution is 2.30. The number of para-hydroxylation sites is 2. The first kappa shape index (κ1) is 18.5. The molecule has 2 aromatic carbocycles. The molecule has 2 heterocycles. The van der Waals surface area contributed by atoms with Crippen molar-refractivity contribution in [3.8, 4) is 0 Å². The SMILES string of the molecule is CCC1(c2ccccc2)C(=O)NC(=O)NC1=O.S=c1[nH]c2ccccc2[nH]1. The largest absolute Gasteiger partial charge is 0.331 e. The van der Waals surface area contributed by atoms with E-state index in [1.165, 1.54) is 0 Å². The number of aromatic nitrogens is 2. The summed E-state index contributed by atoms with van der Waals surface area (Å²) in [6, 6.07) is 15.9. The molecule has 0 atom stereocenters. The predicted molar refractivity (Wildman–Crippen MR) is 104 cm³/mol. The molecule has 0 spiro atoms. The molecule has 1 fully saturated rings. The van der Waals surface area contributed by atoms with Crippen LogP contribution in [0, 0.1) is 4.77 Å². The molecule has 7 nitrogen and oxygen atoms in total. The fourth-order valence-corrected chi connectivity index (χ4v) is 3.26. The van der Waals surface area contributed by atoms with Crippen molar-refractivity contribution in [2.45, 2.75) is 18.8 Å². The van der Waals surface area contributed by atoms with Crippen LogP contribution < -0.4 is 10.6 Å². The van der Waals surface area contributed by atoms with E-state index in [2.05, 4.69) is 20.6 Å². The molecule has 138 valence electrons. The lowest BCUT2D eigenvalue weighted by molar-refractivity contribution is -0.138. The van der Waals surface area contributed by atoms with Crippen LogP contribution in [0.25, 0.3) is 11.0 Å². The molecule has 4 N–H and O–H groups in total. The summed E-state index contributed by atoms with van der Waals surface area (Å²) in [5.74, 6) is -1.14. The molecule has 27 heavy (non-hydrogen) atoms. The van der Waals surface area contributed by atoms with Gasteiger partial charge >= 0.3 is 6.03 Å². The minimum absolute atomic E-state index is 0.294. The number of barbiturate groups is 1. The molecule has 1 aromatic heterocycles. The molecule has 0 radical (unpaired) electrons. The van der Waals surface area contributed by atoms with Crippen LogP contribution >= 0.6 is 12.2 Å². The lowest BCUT2D eigenvalue weighted by Crippen LogP contribution is -2.64. The third kappa shape index (κ3) is 3.52. The van der Waals surface area contributed by atoms with Crippen LogP contribution in [-0.4, -0.2) is 27.8 Å². The van der Waals surface area contributed by atoms with E-state index in [9.17, 15) is 14.4 Å². The third-order valence-corrected chi connectivity index (χ3v) is 4.65. The van der Waals surface area contributed by atoms with Gasteiger partial charge in [-0.1, -0.05) is 49.4 Å². The Labute approximate surface area is 160 Å². The van der Waals surface area contributed by atoms with Gasteiger partial charge in [0, 0.05) is 0 Å². The van der Waals surface area contributed by atoms with Crippen LogP contribution in [-0.2, 0) is 15.0 Å². The summed E-state index contributed by atoms with van der Waals surface area (Å²) in [7, 11) is 0. The topological polar surface area (TPSA) is 107 Å². The van der Waals surface area contributed by atoms with Crippen molar-refractivity contribution in [3.63, 3.8) is 0 Å². The van der Waals surface area contributed by atoms with Gasteiger partial charge in [0.15, 0.2) is 10.2 Å². The van der Waals surface area contributed by atoms with Crippen molar-refractivity contribution in [1.82, 2.24) is 20.6 Å². The van der Waals surface area contributed by atoms with Crippen LogP contribution in [0.5, 0.6) is 0 Å². The highest BCUT2D eigenvalue weighted by Gasteiger charge is 2.50. The smallest absolute Gasteiger partial charge is 0.328 e. The molecule has 3 aromatic rings. The van der Waals surface area contributed by atoms with E-state index in [1.54, 1.807) is 37.3 Å². The van der Waals surface area contributed by atoms with Crippen LogP contribution in [0.1, 0.15) is 18.9 Å². The number of imide groups is 2. The van der Waals surface area contributed by atoms with Gasteiger partial charge in [0.2, 0.25) is 11.8 Å². The Balaban J connectivity index is 0.000000177. The summed E-state index contributed by atoms with van der Waals surface area (Å²) in [6.07, 6.45) is 0.294. The number of benzene rings is 2. The molecule has 1 aliphatic heterocycles. The fourth-order valence-electron chi connectivity index (χ4n) is 3.04. The zero-order chi connectivity index (χ0) is 19.4. The monoisotopic (exact) mass is 382 g/mol. The van der Waals surface area contributed by atoms with Crippen molar-refractivity contribution >= 4 is 41.1 Å². The fraction of sp³-hybridized carbons (Fsp3) is 0.158. The second-order valence-electron chi connectivity index (χ2n) is 5.99. The van der Waals surface area contributed by atoms with Gasteiger partial charge in [-0.2, -0.15) is 0 Å². The molecule has 1 saturated heterocycles. The number of fused-ring (bicyclic) bond motifs is 1. The number of nitrogens with one attached hydrogen (secondary N) is 4. The van der Waals surface area contributed by atoms with Crippen LogP contribution in [0.3, 0.4) is 0 Å². The van der Waals surface area contributed by atoms with E-state index in [0.717, 1.165) is 11.0 Å². The zero-order valence-corrected chi connectivity index (χ0v) is 15.4. The molecule has 0 bridgehead atoms. The first-order valence-corrected chi connectivity index (χ1v) is 8.77. The second-order valence-corrected chi connectivity index (χ2v) is 6.40. The Kier molecular flexibility index (Phi) is 5.18. The summed E-state index contributed by atoms with van der Waals surface area (Å²) in [5.41, 5.74) is 1.40. The number of imidazole rings is 1. The maximum Gasteiger partial charge on any atom is 0.328 e. The zero-order valence-electron chi connectivity index (χ0n) is 14.5. The van der Waals surface area contributed by atoms with E-state index >= 15 is 0 Å². The van der Waals surface area contributed by atoms with Crippen molar-refractivity contribution < 1.29 is 14.4 Å². The number of aromatic amines is 2. The number of carbonyl (C=O) groups is 3. The second kappa shape index (κ2) is 7.55. The molecule has 1 aliphatic rings. The maximum absolute atomic E-state index is 12.0. The number of amides is 4. The molecule has 0 unspecified atom stereocenters. The van der Waals surface area contributed by atoms with Gasteiger partial charge in [0.1, 0.15) is 0 Å². The third-order valence-electron chi connectivity index (χ3n) is 4.45. The summed E-state index contributed by atoms with van der Waals surface area (Å²) < 4.78 is 0.682. The first-order valence-electron chi connectivity index (χ1n) is 8.37. The van der Waals surface area contributed by atoms with Gasteiger partial charge < -0.3 is 9.97 Å². The number of H-pyrrole nitrogens is 2. The van der Waals surface area contributed by atoms with Gasteiger partial charge in [0.25, 0.3) is 0 Å². The minimum atomic E-state index is -1.31. The lowest BCUT2D eigenvalue weighted by Gasteiger charge is -2.33. The Morgan fingerprint density at radius 2 is 1.30 bits per heavy atom. The van der Waals surface area contributed by atoms with Crippen molar-refractivity contribution in [2.75, 3.05) is 0 Å². The van der Waals surface area contributed by atoms with Gasteiger partial charge in [-0.25, -0.2) is 4.79 Å². The molecule has 4 rings (SSSR count). The summed E-state index contributed by atoms with van der Waals surface area (Å²) in [4.78, 5) is 41.0. The van der Waals surface area contributed by atoms with Gasteiger partial charge in [-0.05, 0) is 36.3 Å². The number of hydrogen-bond donors (Lipinski definition) is 4. The Morgan fingerprint density at radius 1 is 0.815 bits per heavy atom. The molecular formula is C19H18N4O3S. The van der Waals surface area contributed by atoms with E-state index in [0.29, 0.717) is 16.8 Å². The van der Waals surface area contributed by atoms with E-state index in [4.69, 9.17) is 12.2 Å². The van der Waals surface area contributed by atoms with Crippen molar-refractivity contribution in [2.24, 2.45) is 0 Å². The standard InChI is InChI=1S/C12H12N2O3.C7H6N2S/c1-2-12(8-6-4-3-5-7-8)9(15)13-11(17)14-10(12)16;10-7-8-5-3-1-2-4-6(5)9-7/h3-7H,2H2,1H3,(H2,13,14,15,16,17);1-4H,(H2,8,9,10). The average molecular weight is 382 g/mol. The molecule has 8 heteroatoms. The first-order chi connectivity index (χ1) is 13.0. The number of urea groups is 1. The van der Waals surface area contributed by atoms with Crippen molar-refractivity contribution in [3.05, 3.63) is 64.9 Å². The van der Waals surface area contributed by atoms with Crippen LogP contribution in [0.2, 0.25) is 0 Å². The van der Waals surface area contributed by atoms with Gasteiger partial charge in [-0.3, -0.25) is 20.2 Å². The van der Waals surface area contributed by atoms with E-state index in [1.807, 2.05) is 24.3 Å². The number of carbonyl (C=O) groups excluding carboxylic acids is 3. The van der Waals surface area contributed by atoms with Crippen LogP contribution in [0.4, 0.5) is 4.79 Å². The summed E-state index contributed by atoms with van der Waals surface area (Å²) in [5, 5.41) is 4.28. The maximum atomic E-state index is 12.0. The summed E-state index contributed by atoms with van der Waals surface area (Å²) >= 11 is 4.90.